The van der Waals surface area contributed by atoms with E-state index in [0.717, 1.165) is 17.8 Å². The lowest BCUT2D eigenvalue weighted by atomic mass is 10.1. The number of alkyl halides is 3. The van der Waals surface area contributed by atoms with Crippen molar-refractivity contribution in [2.75, 3.05) is 5.32 Å². The van der Waals surface area contributed by atoms with Gasteiger partial charge in [-0.1, -0.05) is 23.9 Å². The number of aromatic amines is 2. The van der Waals surface area contributed by atoms with Gasteiger partial charge in [-0.25, -0.2) is 9.97 Å². The number of aromatic nitrogens is 4. The highest BCUT2D eigenvalue weighted by molar-refractivity contribution is 8.00. The smallest absolute Gasteiger partial charge is 0.339 e. The summed E-state index contributed by atoms with van der Waals surface area (Å²) in [7, 11) is 0. The second kappa shape index (κ2) is 6.83. The Bertz CT molecular complexity index is 1010. The minimum Gasteiger partial charge on any atom is -0.339 e. The van der Waals surface area contributed by atoms with E-state index < -0.39 is 28.5 Å². The summed E-state index contributed by atoms with van der Waals surface area (Å²) >= 11 is 0.903. The van der Waals surface area contributed by atoms with Crippen LogP contribution in [0.25, 0.3) is 11.2 Å². The number of benzene rings is 1. The SMILES string of the molecule is CC(Sc1nc2nc[nH]c2c(=O)[nH]1)C(=O)Nc1ccccc1C(F)(F)F. The maximum absolute atomic E-state index is 13.0. The molecule has 11 heteroatoms. The van der Waals surface area contributed by atoms with Gasteiger partial charge in [-0.3, -0.25) is 14.6 Å². The number of nitrogens with one attached hydrogen (secondary N) is 3. The number of halogens is 3. The fourth-order valence-electron chi connectivity index (χ4n) is 2.17. The molecule has 0 aliphatic heterocycles. The maximum Gasteiger partial charge on any atom is 0.418 e. The maximum atomic E-state index is 13.0. The first-order chi connectivity index (χ1) is 12.3. The molecule has 1 amide bonds. The Morgan fingerprint density at radius 3 is 2.77 bits per heavy atom. The number of para-hydroxylation sites is 1. The highest BCUT2D eigenvalue weighted by Gasteiger charge is 2.34. The van der Waals surface area contributed by atoms with Crippen molar-refractivity contribution in [3.05, 3.63) is 46.5 Å². The predicted molar refractivity (Wildman–Crippen MR) is 89.9 cm³/mol. The molecule has 0 saturated heterocycles. The van der Waals surface area contributed by atoms with E-state index in [4.69, 9.17) is 0 Å². The summed E-state index contributed by atoms with van der Waals surface area (Å²) < 4.78 is 39.0. The molecule has 3 aromatic rings. The third-order valence-corrected chi connectivity index (χ3v) is 4.41. The third-order valence-electron chi connectivity index (χ3n) is 3.42. The number of rotatable bonds is 4. The Kier molecular flexibility index (Phi) is 4.72. The Labute approximate surface area is 148 Å². The molecule has 2 aromatic heterocycles. The van der Waals surface area contributed by atoms with E-state index in [2.05, 4.69) is 25.3 Å². The fourth-order valence-corrected chi connectivity index (χ4v) is 2.96. The van der Waals surface area contributed by atoms with Gasteiger partial charge in [0.05, 0.1) is 22.8 Å². The first-order valence-electron chi connectivity index (χ1n) is 7.33. The number of nitrogens with zero attached hydrogens (tertiary/aromatic N) is 2. The topological polar surface area (TPSA) is 104 Å². The predicted octanol–water partition coefficient (Wildman–Crippen LogP) is 2.78. The largest absolute Gasteiger partial charge is 0.418 e. The molecular formula is C15H12F3N5O2S. The second-order valence-corrected chi connectivity index (χ2v) is 6.59. The van der Waals surface area contributed by atoms with Crippen LogP contribution in [0.4, 0.5) is 18.9 Å². The molecule has 0 fully saturated rings. The highest BCUT2D eigenvalue weighted by atomic mass is 32.2. The first kappa shape index (κ1) is 18.0. The van der Waals surface area contributed by atoms with Gasteiger partial charge in [0, 0.05) is 0 Å². The zero-order valence-corrected chi connectivity index (χ0v) is 14.0. The van der Waals surface area contributed by atoms with E-state index >= 15 is 0 Å². The normalized spacial score (nSPS) is 12.9. The van der Waals surface area contributed by atoms with E-state index in [1.54, 1.807) is 0 Å². The van der Waals surface area contributed by atoms with Crippen molar-refractivity contribution in [3.63, 3.8) is 0 Å². The number of carbonyl (C=O) groups excluding carboxylic acids is 1. The zero-order chi connectivity index (χ0) is 18.9. The summed E-state index contributed by atoms with van der Waals surface area (Å²) in [5, 5.41) is 1.59. The van der Waals surface area contributed by atoms with Crippen molar-refractivity contribution >= 4 is 34.5 Å². The molecule has 0 saturated carbocycles. The molecule has 0 aliphatic rings. The second-order valence-electron chi connectivity index (χ2n) is 5.26. The summed E-state index contributed by atoms with van der Waals surface area (Å²) in [5.74, 6) is -0.656. The molecule has 3 rings (SSSR count). The van der Waals surface area contributed by atoms with Crippen molar-refractivity contribution in [2.24, 2.45) is 0 Å². The van der Waals surface area contributed by atoms with Gasteiger partial charge >= 0.3 is 6.18 Å². The Morgan fingerprint density at radius 1 is 1.31 bits per heavy atom. The average molecular weight is 383 g/mol. The van der Waals surface area contributed by atoms with E-state index in [0.29, 0.717) is 0 Å². The van der Waals surface area contributed by atoms with Gasteiger partial charge in [0.15, 0.2) is 16.3 Å². The summed E-state index contributed by atoms with van der Waals surface area (Å²) in [6.07, 6.45) is -3.27. The Hall–Kier alpha value is -2.82. The molecule has 0 aliphatic carbocycles. The van der Waals surface area contributed by atoms with Gasteiger partial charge in [0.25, 0.3) is 5.56 Å². The summed E-state index contributed by atoms with van der Waals surface area (Å²) in [5.41, 5.74) is -1.33. The van der Waals surface area contributed by atoms with Crippen LogP contribution in [-0.4, -0.2) is 31.1 Å². The number of hydrogen-bond donors (Lipinski definition) is 3. The minimum absolute atomic E-state index is 0.140. The number of anilines is 1. The van der Waals surface area contributed by atoms with Crippen molar-refractivity contribution in [1.82, 2.24) is 19.9 Å². The van der Waals surface area contributed by atoms with Crippen molar-refractivity contribution in [1.29, 1.82) is 0 Å². The van der Waals surface area contributed by atoms with E-state index in [9.17, 15) is 22.8 Å². The molecule has 7 nitrogen and oxygen atoms in total. The molecule has 0 bridgehead atoms. The van der Waals surface area contributed by atoms with Crippen LogP contribution in [-0.2, 0) is 11.0 Å². The minimum atomic E-state index is -4.59. The van der Waals surface area contributed by atoms with E-state index in [-0.39, 0.29) is 22.0 Å². The van der Waals surface area contributed by atoms with Crippen LogP contribution in [0.2, 0.25) is 0 Å². The number of thioether (sulfide) groups is 1. The van der Waals surface area contributed by atoms with Crippen LogP contribution < -0.4 is 10.9 Å². The van der Waals surface area contributed by atoms with Crippen LogP contribution in [0, 0.1) is 0 Å². The van der Waals surface area contributed by atoms with Crippen molar-refractivity contribution in [2.45, 2.75) is 23.5 Å². The summed E-state index contributed by atoms with van der Waals surface area (Å²) in [4.78, 5) is 37.2. The van der Waals surface area contributed by atoms with Gasteiger partial charge in [-0.05, 0) is 19.1 Å². The molecule has 1 aromatic carbocycles. The van der Waals surface area contributed by atoms with Gasteiger partial charge in [-0.2, -0.15) is 13.2 Å². The lowest BCUT2D eigenvalue weighted by molar-refractivity contribution is -0.137. The molecule has 1 unspecified atom stereocenters. The van der Waals surface area contributed by atoms with Crippen molar-refractivity contribution < 1.29 is 18.0 Å². The quantitative estimate of drug-likeness (QED) is 0.475. The molecule has 0 spiro atoms. The van der Waals surface area contributed by atoms with Crippen molar-refractivity contribution in [3.8, 4) is 0 Å². The summed E-state index contributed by atoms with van der Waals surface area (Å²) in [6, 6.07) is 4.70. The number of fused-ring (bicyclic) bond motifs is 1. The van der Waals surface area contributed by atoms with Gasteiger partial charge in [-0.15, -0.1) is 0 Å². The fraction of sp³-hybridized carbons (Fsp3) is 0.200. The molecule has 1 atom stereocenters. The highest BCUT2D eigenvalue weighted by Crippen LogP contribution is 2.35. The standard InChI is InChI=1S/C15H12F3N5O2S/c1-7(26-14-22-11-10(13(25)23-14)19-6-20-11)12(24)21-9-5-3-2-4-8(9)15(16,17)18/h2-7H,1H3,(H,21,24)(H2,19,20,22,23,25). The summed E-state index contributed by atoms with van der Waals surface area (Å²) in [6.45, 7) is 1.49. The molecule has 2 heterocycles. The number of imidazole rings is 1. The lowest BCUT2D eigenvalue weighted by Gasteiger charge is -2.15. The molecular weight excluding hydrogens is 371 g/mol. The van der Waals surface area contributed by atoms with Crippen LogP contribution in [0.5, 0.6) is 0 Å². The molecule has 3 N–H and O–H groups in total. The van der Waals surface area contributed by atoms with E-state index in [1.165, 1.54) is 31.5 Å². The van der Waals surface area contributed by atoms with Crippen LogP contribution in [0.1, 0.15) is 12.5 Å². The molecule has 136 valence electrons. The van der Waals surface area contributed by atoms with Gasteiger partial charge in [0.1, 0.15) is 0 Å². The van der Waals surface area contributed by atoms with Crippen LogP contribution in [0.3, 0.4) is 0 Å². The number of amides is 1. The average Bonchev–Trinajstić information content (AvgIpc) is 3.03. The number of hydrogen-bond acceptors (Lipinski definition) is 5. The zero-order valence-electron chi connectivity index (χ0n) is 13.2. The number of carbonyl (C=O) groups is 1. The number of H-pyrrole nitrogens is 2. The van der Waals surface area contributed by atoms with Gasteiger partial charge < -0.3 is 10.3 Å². The first-order valence-corrected chi connectivity index (χ1v) is 8.21. The van der Waals surface area contributed by atoms with Gasteiger partial charge in [0.2, 0.25) is 5.91 Å². The third kappa shape index (κ3) is 3.72. The Balaban J connectivity index is 1.77. The monoisotopic (exact) mass is 383 g/mol. The van der Waals surface area contributed by atoms with Crippen LogP contribution in [0.15, 0.2) is 40.5 Å². The Morgan fingerprint density at radius 2 is 2.04 bits per heavy atom. The molecule has 26 heavy (non-hydrogen) atoms. The van der Waals surface area contributed by atoms with E-state index in [1.807, 2.05) is 0 Å². The lowest BCUT2D eigenvalue weighted by Crippen LogP contribution is -2.25. The molecule has 0 radical (unpaired) electrons. The van der Waals surface area contributed by atoms with Crippen LogP contribution >= 0.6 is 11.8 Å².